The second kappa shape index (κ2) is 11.0. The first-order valence-electron chi connectivity index (χ1n) is 12.1. The van der Waals surface area contributed by atoms with Crippen LogP contribution in [-0.2, 0) is 28.2 Å². The van der Waals surface area contributed by atoms with Gasteiger partial charge in [-0.25, -0.2) is 13.1 Å². The molecule has 1 saturated heterocycles. The van der Waals surface area contributed by atoms with Crippen molar-refractivity contribution < 1.29 is 26.3 Å². The molecule has 2 aliphatic rings. The van der Waals surface area contributed by atoms with Crippen LogP contribution in [0.15, 0.2) is 30.3 Å². The average Bonchev–Trinajstić information content (AvgIpc) is 3.17. The molecule has 1 N–H and O–H groups in total. The summed E-state index contributed by atoms with van der Waals surface area (Å²) >= 11 is 6.03. The summed E-state index contributed by atoms with van der Waals surface area (Å²) in [4.78, 5) is 2.31. The Morgan fingerprint density at radius 2 is 1.83 bits per heavy atom. The van der Waals surface area contributed by atoms with Crippen LogP contribution in [0.4, 0.5) is 13.2 Å². The highest BCUT2D eigenvalue weighted by atomic mass is 35.5. The SMILES string of the molecule is Cc1cc(C2CCC(N3C[C@H](CNS(=O)(=O)C(F)(F)F)OC[C@@H]3Cc3ccc(Cl)cc3)CC2)nn1C. The Balaban J connectivity index is 1.44. The highest BCUT2D eigenvalue weighted by molar-refractivity contribution is 7.90. The molecule has 1 aromatic carbocycles. The molecule has 0 amide bonds. The molecule has 4 rings (SSSR count). The molecule has 12 heteroatoms. The van der Waals surface area contributed by atoms with E-state index >= 15 is 0 Å². The van der Waals surface area contributed by atoms with E-state index in [-0.39, 0.29) is 12.1 Å². The third kappa shape index (κ3) is 6.42. The van der Waals surface area contributed by atoms with Gasteiger partial charge in [0.25, 0.3) is 0 Å². The fourth-order valence-corrected chi connectivity index (χ4v) is 5.89. The zero-order chi connectivity index (χ0) is 26.1. The van der Waals surface area contributed by atoms with Gasteiger partial charge in [0, 0.05) is 48.9 Å². The van der Waals surface area contributed by atoms with Crippen molar-refractivity contribution in [3.05, 3.63) is 52.3 Å². The van der Waals surface area contributed by atoms with Gasteiger partial charge >= 0.3 is 15.5 Å². The summed E-state index contributed by atoms with van der Waals surface area (Å²) < 4.78 is 70.7. The van der Waals surface area contributed by atoms with Crippen molar-refractivity contribution in [3.8, 4) is 0 Å². The van der Waals surface area contributed by atoms with Crippen LogP contribution in [0.5, 0.6) is 0 Å². The van der Waals surface area contributed by atoms with E-state index in [1.54, 1.807) is 4.72 Å². The van der Waals surface area contributed by atoms with Gasteiger partial charge in [0.2, 0.25) is 0 Å². The fourth-order valence-electron chi connectivity index (χ4n) is 5.19. The molecule has 2 atom stereocenters. The number of benzene rings is 1. The number of morpholine rings is 1. The third-order valence-electron chi connectivity index (χ3n) is 7.31. The maximum atomic E-state index is 12.8. The number of alkyl halides is 3. The largest absolute Gasteiger partial charge is 0.511 e. The number of aromatic nitrogens is 2. The minimum atomic E-state index is -5.42. The third-order valence-corrected chi connectivity index (χ3v) is 8.72. The lowest BCUT2D eigenvalue weighted by atomic mass is 9.82. The van der Waals surface area contributed by atoms with E-state index in [2.05, 4.69) is 16.1 Å². The van der Waals surface area contributed by atoms with E-state index in [4.69, 9.17) is 16.3 Å². The molecule has 0 unspecified atom stereocenters. The maximum Gasteiger partial charge on any atom is 0.511 e. The zero-order valence-corrected chi connectivity index (χ0v) is 21.9. The zero-order valence-electron chi connectivity index (χ0n) is 20.3. The molecule has 2 fully saturated rings. The molecule has 0 spiro atoms. The highest BCUT2D eigenvalue weighted by Crippen LogP contribution is 2.36. The molecular weight excluding hydrogens is 517 g/mol. The van der Waals surface area contributed by atoms with Crippen molar-refractivity contribution in [2.75, 3.05) is 19.7 Å². The van der Waals surface area contributed by atoms with Gasteiger partial charge in [-0.05, 0) is 62.8 Å². The Morgan fingerprint density at radius 1 is 1.17 bits per heavy atom. The molecule has 36 heavy (non-hydrogen) atoms. The molecule has 1 aliphatic heterocycles. The van der Waals surface area contributed by atoms with E-state index in [0.717, 1.165) is 42.6 Å². The Hall–Kier alpha value is -1.66. The van der Waals surface area contributed by atoms with Crippen LogP contribution in [0.2, 0.25) is 5.02 Å². The van der Waals surface area contributed by atoms with Gasteiger partial charge in [-0.2, -0.15) is 18.3 Å². The van der Waals surface area contributed by atoms with Crippen LogP contribution in [0, 0.1) is 6.92 Å². The predicted molar refractivity (Wildman–Crippen MR) is 131 cm³/mol. The van der Waals surface area contributed by atoms with Crippen LogP contribution in [0.3, 0.4) is 0 Å². The molecule has 0 bridgehead atoms. The fraction of sp³-hybridized carbons (Fsp3) is 0.625. The molecule has 1 aromatic heterocycles. The molecule has 2 heterocycles. The molecule has 7 nitrogen and oxygen atoms in total. The number of halogens is 4. The minimum Gasteiger partial charge on any atom is -0.374 e. The monoisotopic (exact) mass is 548 g/mol. The maximum absolute atomic E-state index is 12.8. The number of hydrogen-bond acceptors (Lipinski definition) is 5. The molecule has 1 saturated carbocycles. The number of hydrogen-bond donors (Lipinski definition) is 1. The van der Waals surface area contributed by atoms with Gasteiger partial charge in [0.1, 0.15) is 0 Å². The van der Waals surface area contributed by atoms with Crippen molar-refractivity contribution >= 4 is 21.6 Å². The summed E-state index contributed by atoms with van der Waals surface area (Å²) in [6.45, 7) is 2.27. The van der Waals surface area contributed by atoms with E-state index < -0.39 is 28.2 Å². The van der Waals surface area contributed by atoms with Crippen molar-refractivity contribution in [2.45, 2.75) is 68.6 Å². The average molecular weight is 549 g/mol. The van der Waals surface area contributed by atoms with Gasteiger partial charge in [0.15, 0.2) is 0 Å². The van der Waals surface area contributed by atoms with E-state index in [9.17, 15) is 21.6 Å². The Kier molecular flexibility index (Phi) is 8.35. The summed E-state index contributed by atoms with van der Waals surface area (Å²) in [6, 6.07) is 9.98. The van der Waals surface area contributed by atoms with E-state index in [0.29, 0.717) is 30.5 Å². The first kappa shape index (κ1) is 27.4. The second-order valence-electron chi connectivity index (χ2n) is 9.77. The van der Waals surface area contributed by atoms with Crippen LogP contribution in [0.1, 0.15) is 48.6 Å². The molecular formula is C24H32ClF3N4O3S. The Labute approximate surface area is 215 Å². The lowest BCUT2D eigenvalue weighted by Gasteiger charge is -2.46. The standard InChI is InChI=1S/C24H32ClF3N4O3S/c1-16-11-23(30-31(16)2)18-5-9-20(10-6-18)32-14-22(13-29-36(33,34)24(26,27)28)35-15-21(32)12-17-3-7-19(25)8-4-17/h3-4,7-8,11,18,20-22,29H,5-6,9-10,12-15H2,1-2H3/t18?,20?,21-,22-/m0/s1. The van der Waals surface area contributed by atoms with E-state index in [1.165, 1.54) is 0 Å². The lowest BCUT2D eigenvalue weighted by molar-refractivity contribution is -0.0823. The summed E-state index contributed by atoms with van der Waals surface area (Å²) in [5.41, 5.74) is -2.03. The second-order valence-corrected chi connectivity index (χ2v) is 12.0. The lowest BCUT2D eigenvalue weighted by Crippen LogP contribution is -2.57. The van der Waals surface area contributed by atoms with E-state index in [1.807, 2.05) is 42.9 Å². The van der Waals surface area contributed by atoms with Crippen LogP contribution in [0.25, 0.3) is 0 Å². The van der Waals surface area contributed by atoms with Gasteiger partial charge < -0.3 is 4.74 Å². The number of nitrogens with one attached hydrogen (secondary N) is 1. The smallest absolute Gasteiger partial charge is 0.374 e. The van der Waals surface area contributed by atoms with Crippen molar-refractivity contribution in [1.29, 1.82) is 0 Å². The first-order chi connectivity index (χ1) is 16.9. The van der Waals surface area contributed by atoms with Crippen molar-refractivity contribution in [1.82, 2.24) is 19.4 Å². The molecule has 2 aromatic rings. The van der Waals surface area contributed by atoms with Gasteiger partial charge in [0.05, 0.1) is 18.4 Å². The topological polar surface area (TPSA) is 76.5 Å². The quantitative estimate of drug-likeness (QED) is 0.562. The first-order valence-corrected chi connectivity index (χ1v) is 14.0. The van der Waals surface area contributed by atoms with Crippen LogP contribution >= 0.6 is 11.6 Å². The summed E-state index contributed by atoms with van der Waals surface area (Å²) in [5, 5.41) is 5.29. The molecule has 0 radical (unpaired) electrons. The van der Waals surface area contributed by atoms with Gasteiger partial charge in [-0.1, -0.05) is 23.7 Å². The van der Waals surface area contributed by atoms with Crippen molar-refractivity contribution in [2.24, 2.45) is 7.05 Å². The number of aryl methyl sites for hydroxylation is 2. The van der Waals surface area contributed by atoms with Crippen molar-refractivity contribution in [3.63, 3.8) is 0 Å². The van der Waals surface area contributed by atoms with Crippen LogP contribution < -0.4 is 4.72 Å². The summed E-state index contributed by atoms with van der Waals surface area (Å²) in [5.74, 6) is 0.381. The summed E-state index contributed by atoms with van der Waals surface area (Å²) in [7, 11) is -3.48. The number of nitrogens with zero attached hydrogens (tertiary/aromatic N) is 3. The number of ether oxygens (including phenoxy) is 1. The molecule has 1 aliphatic carbocycles. The number of sulfonamides is 1. The normalized spacial score (nSPS) is 26.3. The Bertz CT molecular complexity index is 1110. The van der Waals surface area contributed by atoms with Crippen LogP contribution in [-0.4, -0.2) is 66.5 Å². The van der Waals surface area contributed by atoms with Gasteiger partial charge in [-0.15, -0.1) is 0 Å². The Morgan fingerprint density at radius 3 is 2.42 bits per heavy atom. The highest BCUT2D eigenvalue weighted by Gasteiger charge is 2.46. The van der Waals surface area contributed by atoms with Gasteiger partial charge in [-0.3, -0.25) is 9.58 Å². The number of rotatable bonds is 7. The minimum absolute atomic E-state index is 0.0280. The summed E-state index contributed by atoms with van der Waals surface area (Å²) in [6.07, 6.45) is 3.84. The molecule has 200 valence electrons. The predicted octanol–water partition coefficient (Wildman–Crippen LogP) is 4.16.